The number of terminal acetylenes is 1. The molecule has 2 aromatic rings. The lowest BCUT2D eigenvalue weighted by Crippen LogP contribution is -2.04. The summed E-state index contributed by atoms with van der Waals surface area (Å²) in [6, 6.07) is 15.0. The van der Waals surface area contributed by atoms with Gasteiger partial charge in [0.25, 0.3) is 0 Å². The Morgan fingerprint density at radius 2 is 1.84 bits per heavy atom. The number of carbonyl (C=O) groups is 1. The van der Waals surface area contributed by atoms with Gasteiger partial charge in [-0.1, -0.05) is 36.3 Å². The van der Waals surface area contributed by atoms with Gasteiger partial charge in [-0.2, -0.15) is 0 Å². The fourth-order valence-corrected chi connectivity index (χ4v) is 1.86. The van der Waals surface area contributed by atoms with E-state index in [1.54, 1.807) is 19.1 Å². The van der Waals surface area contributed by atoms with Gasteiger partial charge in [0, 0.05) is 5.56 Å². The zero-order valence-electron chi connectivity index (χ0n) is 10.7. The number of benzene rings is 2. The van der Waals surface area contributed by atoms with E-state index < -0.39 is 0 Å². The fourth-order valence-electron chi connectivity index (χ4n) is 1.86. The van der Waals surface area contributed by atoms with Gasteiger partial charge in [-0.05, 0) is 36.2 Å². The van der Waals surface area contributed by atoms with Gasteiger partial charge in [-0.25, -0.2) is 4.79 Å². The van der Waals surface area contributed by atoms with Crippen molar-refractivity contribution in [2.24, 2.45) is 0 Å². The Kier molecular flexibility index (Phi) is 4.00. The lowest BCUT2D eigenvalue weighted by molar-refractivity contribution is 0.0526. The first kappa shape index (κ1) is 12.9. The fraction of sp³-hybridized carbons (Fsp3) is 0.118. The summed E-state index contributed by atoms with van der Waals surface area (Å²) in [5.41, 5.74) is 3.36. The van der Waals surface area contributed by atoms with E-state index in [4.69, 9.17) is 11.2 Å². The first-order valence-electron chi connectivity index (χ1n) is 6.09. The summed E-state index contributed by atoms with van der Waals surface area (Å²) < 4.78 is 4.95. The van der Waals surface area contributed by atoms with Gasteiger partial charge in [-0.3, -0.25) is 0 Å². The lowest BCUT2D eigenvalue weighted by atomic mass is 9.99. The van der Waals surface area contributed by atoms with Gasteiger partial charge < -0.3 is 4.74 Å². The quantitative estimate of drug-likeness (QED) is 0.615. The minimum atomic E-state index is -0.306. The van der Waals surface area contributed by atoms with Crippen molar-refractivity contribution in [3.63, 3.8) is 0 Å². The summed E-state index contributed by atoms with van der Waals surface area (Å²) in [7, 11) is 0. The van der Waals surface area contributed by atoms with E-state index >= 15 is 0 Å². The third-order valence-corrected chi connectivity index (χ3v) is 2.79. The van der Waals surface area contributed by atoms with Crippen molar-refractivity contribution in [1.82, 2.24) is 0 Å². The van der Waals surface area contributed by atoms with Crippen LogP contribution in [0.4, 0.5) is 0 Å². The highest BCUT2D eigenvalue weighted by Crippen LogP contribution is 2.23. The molecule has 0 amide bonds. The number of esters is 1. The maximum absolute atomic E-state index is 11.6. The second kappa shape index (κ2) is 5.88. The van der Waals surface area contributed by atoms with Crippen LogP contribution >= 0.6 is 0 Å². The summed E-state index contributed by atoms with van der Waals surface area (Å²) in [6.07, 6.45) is 5.48. The van der Waals surface area contributed by atoms with Crippen molar-refractivity contribution >= 4 is 5.97 Å². The second-order valence-corrected chi connectivity index (χ2v) is 3.99. The molecule has 94 valence electrons. The predicted octanol–water partition coefficient (Wildman–Crippen LogP) is 3.51. The normalized spacial score (nSPS) is 9.68. The van der Waals surface area contributed by atoms with Gasteiger partial charge in [0.1, 0.15) is 0 Å². The van der Waals surface area contributed by atoms with Gasteiger partial charge in [0.2, 0.25) is 0 Å². The Morgan fingerprint density at radius 1 is 1.16 bits per heavy atom. The molecule has 2 nitrogen and oxygen atoms in total. The first-order chi connectivity index (χ1) is 9.26. The number of carbonyl (C=O) groups excluding carboxylic acids is 1. The topological polar surface area (TPSA) is 26.3 Å². The molecule has 19 heavy (non-hydrogen) atoms. The van der Waals surface area contributed by atoms with Gasteiger partial charge >= 0.3 is 5.97 Å². The van der Waals surface area contributed by atoms with Crippen LogP contribution in [0, 0.1) is 12.3 Å². The molecule has 0 saturated heterocycles. The summed E-state index contributed by atoms with van der Waals surface area (Å²) in [5, 5.41) is 0. The molecule has 0 aliphatic rings. The monoisotopic (exact) mass is 250 g/mol. The molecule has 0 fully saturated rings. The number of rotatable bonds is 3. The SMILES string of the molecule is C#Cc1ccccc1-c1ccc(C(=O)OCC)cc1. The molecule has 0 heterocycles. The minimum Gasteiger partial charge on any atom is -0.462 e. The zero-order chi connectivity index (χ0) is 13.7. The zero-order valence-corrected chi connectivity index (χ0v) is 10.7. The standard InChI is InChI=1S/C17H14O2/c1-3-13-7-5-6-8-16(13)14-9-11-15(12-10-14)17(18)19-4-2/h1,5-12H,4H2,2H3. The van der Waals surface area contributed by atoms with Crippen molar-refractivity contribution in [3.05, 3.63) is 59.7 Å². The summed E-state index contributed by atoms with van der Waals surface area (Å²) in [4.78, 5) is 11.6. The molecule has 0 aliphatic heterocycles. The van der Waals surface area contributed by atoms with Gasteiger partial charge in [-0.15, -0.1) is 6.42 Å². The van der Waals surface area contributed by atoms with Crippen LogP contribution < -0.4 is 0 Å². The molecule has 0 saturated carbocycles. The van der Waals surface area contributed by atoms with Crippen LogP contribution in [0.2, 0.25) is 0 Å². The first-order valence-corrected chi connectivity index (χ1v) is 6.09. The molecule has 2 heteroatoms. The van der Waals surface area contributed by atoms with Gasteiger partial charge in [0.05, 0.1) is 12.2 Å². The lowest BCUT2D eigenvalue weighted by Gasteiger charge is -2.06. The second-order valence-electron chi connectivity index (χ2n) is 3.99. The Hall–Kier alpha value is -2.53. The van der Waals surface area contributed by atoms with Crippen molar-refractivity contribution in [3.8, 4) is 23.5 Å². The van der Waals surface area contributed by atoms with Crippen molar-refractivity contribution in [2.45, 2.75) is 6.92 Å². The number of ether oxygens (including phenoxy) is 1. The molecule has 0 aliphatic carbocycles. The summed E-state index contributed by atoms with van der Waals surface area (Å²) in [5.74, 6) is 2.35. The smallest absolute Gasteiger partial charge is 0.338 e. The van der Waals surface area contributed by atoms with Crippen molar-refractivity contribution in [2.75, 3.05) is 6.61 Å². The molecule has 0 radical (unpaired) electrons. The van der Waals surface area contributed by atoms with Crippen LogP contribution in [0.5, 0.6) is 0 Å². The number of hydrogen-bond acceptors (Lipinski definition) is 2. The minimum absolute atomic E-state index is 0.306. The highest BCUT2D eigenvalue weighted by molar-refractivity contribution is 5.90. The molecule has 0 atom stereocenters. The van der Waals surface area contributed by atoms with E-state index in [0.29, 0.717) is 12.2 Å². The summed E-state index contributed by atoms with van der Waals surface area (Å²) in [6.45, 7) is 2.16. The Labute approximate surface area is 113 Å². The van der Waals surface area contributed by atoms with E-state index in [0.717, 1.165) is 16.7 Å². The third kappa shape index (κ3) is 2.83. The molecule has 0 N–H and O–H groups in total. The molecule has 0 bridgehead atoms. The van der Waals surface area contributed by atoms with E-state index in [-0.39, 0.29) is 5.97 Å². The molecule has 0 aromatic heterocycles. The Balaban J connectivity index is 2.33. The average molecular weight is 250 g/mol. The molecule has 2 aromatic carbocycles. The largest absolute Gasteiger partial charge is 0.462 e. The molecule has 0 unspecified atom stereocenters. The molecular weight excluding hydrogens is 236 g/mol. The van der Waals surface area contributed by atoms with E-state index in [1.807, 2.05) is 36.4 Å². The maximum atomic E-state index is 11.6. The Bertz CT molecular complexity index is 618. The van der Waals surface area contributed by atoms with E-state index in [1.165, 1.54) is 0 Å². The Morgan fingerprint density at radius 3 is 2.47 bits per heavy atom. The van der Waals surface area contributed by atoms with E-state index in [2.05, 4.69) is 5.92 Å². The van der Waals surface area contributed by atoms with Crippen LogP contribution in [0.1, 0.15) is 22.8 Å². The molecular formula is C17H14O2. The van der Waals surface area contributed by atoms with Crippen LogP contribution in [-0.4, -0.2) is 12.6 Å². The molecule has 2 rings (SSSR count). The molecule has 0 spiro atoms. The van der Waals surface area contributed by atoms with Crippen molar-refractivity contribution < 1.29 is 9.53 Å². The predicted molar refractivity (Wildman–Crippen MR) is 75.8 cm³/mol. The maximum Gasteiger partial charge on any atom is 0.338 e. The van der Waals surface area contributed by atoms with Crippen molar-refractivity contribution in [1.29, 1.82) is 0 Å². The average Bonchev–Trinajstić information content (AvgIpc) is 2.47. The van der Waals surface area contributed by atoms with Gasteiger partial charge in [0.15, 0.2) is 0 Å². The summed E-state index contributed by atoms with van der Waals surface area (Å²) >= 11 is 0. The highest BCUT2D eigenvalue weighted by atomic mass is 16.5. The van der Waals surface area contributed by atoms with Crippen LogP contribution in [0.15, 0.2) is 48.5 Å². The van der Waals surface area contributed by atoms with E-state index in [9.17, 15) is 4.79 Å². The highest BCUT2D eigenvalue weighted by Gasteiger charge is 2.07. The van der Waals surface area contributed by atoms with Crippen LogP contribution in [0.25, 0.3) is 11.1 Å². The van der Waals surface area contributed by atoms with Crippen LogP contribution in [-0.2, 0) is 4.74 Å². The third-order valence-electron chi connectivity index (χ3n) is 2.79. The van der Waals surface area contributed by atoms with Crippen LogP contribution in [0.3, 0.4) is 0 Å². The number of hydrogen-bond donors (Lipinski definition) is 0.